The van der Waals surface area contributed by atoms with Crippen molar-refractivity contribution in [1.29, 1.82) is 10.5 Å². The maximum atomic E-state index is 13.7. The maximum Gasteiger partial charge on any atom is 0.231 e. The fraction of sp³-hybridized carbons (Fsp3) is 0.222. The molecule has 8 heteroatoms. The Labute approximate surface area is 153 Å². The lowest BCUT2D eigenvalue weighted by Crippen LogP contribution is -2.47. The summed E-state index contributed by atoms with van der Waals surface area (Å²) in [4.78, 5) is 18.4. The van der Waals surface area contributed by atoms with Crippen molar-refractivity contribution < 1.29 is 9.18 Å². The van der Waals surface area contributed by atoms with E-state index in [-0.39, 0.29) is 23.9 Å². The molecule has 0 spiro atoms. The van der Waals surface area contributed by atoms with Crippen LogP contribution in [0.5, 0.6) is 0 Å². The van der Waals surface area contributed by atoms with Crippen LogP contribution in [0, 0.1) is 28.5 Å². The first-order valence-corrected chi connectivity index (χ1v) is 8.52. The summed E-state index contributed by atoms with van der Waals surface area (Å²) in [6.07, 6.45) is 0.0884. The third-order valence-electron chi connectivity index (χ3n) is 4.42. The predicted octanol–water partition coefficient (Wildman–Crippen LogP) is 2.69. The lowest BCUT2D eigenvalue weighted by Gasteiger charge is -2.33. The number of nitrogens with two attached hydrogens (primary N) is 1. The molecule has 1 aromatic heterocycles. The number of amides is 1. The summed E-state index contributed by atoms with van der Waals surface area (Å²) >= 11 is 1.21. The summed E-state index contributed by atoms with van der Waals surface area (Å²) in [5.74, 6) is -0.724. The highest BCUT2D eigenvalue weighted by Crippen LogP contribution is 2.43. The molecule has 6 nitrogen and oxygen atoms in total. The number of carbonyl (C=O) groups excluding carboxylic acids is 1. The first-order chi connectivity index (χ1) is 12.3. The average Bonchev–Trinajstić information content (AvgIpc) is 3.05. The normalized spacial score (nSPS) is 19.7. The van der Waals surface area contributed by atoms with Gasteiger partial charge in [0.15, 0.2) is 5.96 Å². The Balaban J connectivity index is 2.24. The molecule has 0 unspecified atom stereocenters. The van der Waals surface area contributed by atoms with E-state index in [1.807, 2.05) is 0 Å². The topological polar surface area (TPSA) is 106 Å². The molecule has 1 amide bonds. The second kappa shape index (κ2) is 6.25. The molecule has 1 aliphatic rings. The first-order valence-electron chi connectivity index (χ1n) is 7.64. The summed E-state index contributed by atoms with van der Waals surface area (Å²) < 4.78 is 13.7. The number of rotatable bonds is 2. The molecule has 3 rings (SSSR count). The highest BCUT2D eigenvalue weighted by Gasteiger charge is 2.39. The highest BCUT2D eigenvalue weighted by molar-refractivity contribution is 7.11. The number of guanidine groups is 1. The number of nitriles is 2. The van der Waals surface area contributed by atoms with Crippen molar-refractivity contribution in [3.63, 3.8) is 0 Å². The van der Waals surface area contributed by atoms with Crippen molar-refractivity contribution in [3.8, 4) is 23.3 Å². The van der Waals surface area contributed by atoms with Crippen LogP contribution in [0.25, 0.3) is 11.1 Å². The van der Waals surface area contributed by atoms with Crippen molar-refractivity contribution in [3.05, 3.63) is 45.4 Å². The number of carbonyl (C=O) groups is 1. The van der Waals surface area contributed by atoms with Gasteiger partial charge >= 0.3 is 0 Å². The Morgan fingerprint density at radius 2 is 2.12 bits per heavy atom. The van der Waals surface area contributed by atoms with E-state index in [1.165, 1.54) is 34.4 Å². The van der Waals surface area contributed by atoms with Crippen LogP contribution in [0.15, 0.2) is 28.6 Å². The minimum absolute atomic E-state index is 0.0884. The van der Waals surface area contributed by atoms with Gasteiger partial charge in [0.25, 0.3) is 0 Å². The number of hydrogen-bond acceptors (Lipinski definition) is 6. The van der Waals surface area contributed by atoms with Crippen LogP contribution in [0.2, 0.25) is 0 Å². The van der Waals surface area contributed by atoms with Gasteiger partial charge in [-0.3, -0.25) is 9.69 Å². The Hall–Kier alpha value is -3.23. The van der Waals surface area contributed by atoms with Gasteiger partial charge in [-0.2, -0.15) is 10.5 Å². The molecule has 1 aliphatic heterocycles. The van der Waals surface area contributed by atoms with E-state index < -0.39 is 11.4 Å². The standard InChI is InChI=1S/C18H14FN5OS/c1-18(6-15(25)24(2)17(22)23-18)12-9-26-14(8-21)16(12)10-3-4-13(19)11(5-10)7-20/h3-5,9H,6H2,1-2H3,(H2,22,23)/t18-/m0/s1. The second-order valence-corrected chi connectivity index (χ2v) is 7.02. The van der Waals surface area contributed by atoms with Crippen molar-refractivity contribution >= 4 is 23.2 Å². The lowest BCUT2D eigenvalue weighted by atomic mass is 9.84. The second-order valence-electron chi connectivity index (χ2n) is 6.15. The van der Waals surface area contributed by atoms with Gasteiger partial charge in [0.1, 0.15) is 22.8 Å². The molecule has 0 fully saturated rings. The summed E-state index contributed by atoms with van der Waals surface area (Å²) in [7, 11) is 1.55. The fourth-order valence-corrected chi connectivity index (χ4v) is 3.96. The van der Waals surface area contributed by atoms with Gasteiger partial charge in [-0.15, -0.1) is 11.3 Å². The monoisotopic (exact) mass is 367 g/mol. The van der Waals surface area contributed by atoms with Crippen LogP contribution >= 0.6 is 11.3 Å². The van der Waals surface area contributed by atoms with Crippen molar-refractivity contribution in [2.45, 2.75) is 18.9 Å². The number of thiophene rings is 1. The number of benzene rings is 1. The zero-order valence-electron chi connectivity index (χ0n) is 14.1. The van der Waals surface area contributed by atoms with Crippen molar-refractivity contribution in [1.82, 2.24) is 4.90 Å². The molecule has 0 bridgehead atoms. The van der Waals surface area contributed by atoms with E-state index in [4.69, 9.17) is 11.0 Å². The van der Waals surface area contributed by atoms with Crippen molar-refractivity contribution in [2.75, 3.05) is 7.05 Å². The van der Waals surface area contributed by atoms with Crippen LogP contribution in [-0.2, 0) is 10.3 Å². The lowest BCUT2D eigenvalue weighted by molar-refractivity contribution is -0.128. The molecule has 0 aliphatic carbocycles. The minimum Gasteiger partial charge on any atom is -0.369 e. The molecular weight excluding hydrogens is 353 g/mol. The van der Waals surface area contributed by atoms with Gasteiger partial charge in [-0.05, 0) is 35.6 Å². The quantitative estimate of drug-likeness (QED) is 0.880. The molecular formula is C18H14FN5OS. The zero-order chi connectivity index (χ0) is 19.1. The molecule has 26 heavy (non-hydrogen) atoms. The molecule has 1 aromatic carbocycles. The molecule has 2 N–H and O–H groups in total. The van der Waals surface area contributed by atoms with Crippen LogP contribution < -0.4 is 5.73 Å². The SMILES string of the molecule is CN1C(=O)C[C@@](C)(c2csc(C#N)c2-c2ccc(F)c(C#N)c2)N=C1N. The molecule has 0 saturated heterocycles. The van der Waals surface area contributed by atoms with E-state index in [2.05, 4.69) is 11.1 Å². The number of halogens is 1. The molecule has 0 saturated carbocycles. The van der Waals surface area contributed by atoms with Gasteiger partial charge < -0.3 is 5.73 Å². The van der Waals surface area contributed by atoms with Gasteiger partial charge in [0.05, 0.1) is 17.5 Å². The number of hydrogen-bond donors (Lipinski definition) is 1. The first kappa shape index (κ1) is 17.6. The van der Waals surface area contributed by atoms with E-state index in [9.17, 15) is 14.4 Å². The minimum atomic E-state index is -0.949. The van der Waals surface area contributed by atoms with Gasteiger partial charge in [-0.1, -0.05) is 6.07 Å². The van der Waals surface area contributed by atoms with E-state index in [0.29, 0.717) is 21.6 Å². The highest BCUT2D eigenvalue weighted by atomic mass is 32.1. The Kier molecular flexibility index (Phi) is 4.23. The van der Waals surface area contributed by atoms with Gasteiger partial charge in [-0.25, -0.2) is 9.38 Å². The summed E-state index contributed by atoms with van der Waals surface area (Å²) in [6.45, 7) is 1.77. The third-order valence-corrected chi connectivity index (χ3v) is 5.31. The van der Waals surface area contributed by atoms with Crippen LogP contribution in [-0.4, -0.2) is 23.8 Å². The summed E-state index contributed by atoms with van der Waals surface area (Å²) in [5, 5.41) is 20.3. The maximum absolute atomic E-state index is 13.7. The predicted molar refractivity (Wildman–Crippen MR) is 95.5 cm³/mol. The summed E-state index contributed by atoms with van der Waals surface area (Å²) in [5.41, 5.74) is 6.54. The van der Waals surface area contributed by atoms with Crippen LogP contribution in [0.3, 0.4) is 0 Å². The van der Waals surface area contributed by atoms with Crippen LogP contribution in [0.4, 0.5) is 4.39 Å². The molecule has 130 valence electrons. The van der Waals surface area contributed by atoms with E-state index in [1.54, 1.807) is 25.4 Å². The molecule has 2 heterocycles. The molecule has 0 radical (unpaired) electrons. The zero-order valence-corrected chi connectivity index (χ0v) is 14.9. The largest absolute Gasteiger partial charge is 0.369 e. The van der Waals surface area contributed by atoms with E-state index in [0.717, 1.165) is 0 Å². The Morgan fingerprint density at radius 3 is 2.73 bits per heavy atom. The van der Waals surface area contributed by atoms with Crippen molar-refractivity contribution in [2.24, 2.45) is 10.7 Å². The molecule has 2 aromatic rings. The molecule has 1 atom stereocenters. The van der Waals surface area contributed by atoms with Gasteiger partial charge in [0, 0.05) is 12.6 Å². The Morgan fingerprint density at radius 1 is 1.38 bits per heavy atom. The number of aliphatic imine (C=N–C) groups is 1. The fourth-order valence-electron chi connectivity index (χ4n) is 2.95. The average molecular weight is 367 g/mol. The number of nitrogens with zero attached hydrogens (tertiary/aromatic N) is 4. The smallest absolute Gasteiger partial charge is 0.231 e. The Bertz CT molecular complexity index is 1030. The van der Waals surface area contributed by atoms with Crippen LogP contribution in [0.1, 0.15) is 29.3 Å². The van der Waals surface area contributed by atoms with E-state index >= 15 is 0 Å². The summed E-state index contributed by atoms with van der Waals surface area (Å²) in [6, 6.07) is 8.02. The van der Waals surface area contributed by atoms with Gasteiger partial charge in [0.2, 0.25) is 5.91 Å². The third kappa shape index (κ3) is 2.71.